The van der Waals surface area contributed by atoms with Gasteiger partial charge in [0, 0.05) is 0 Å². The summed E-state index contributed by atoms with van der Waals surface area (Å²) in [5.74, 6) is 0. The zero-order chi connectivity index (χ0) is 43.3. The number of hydrogen-bond acceptors (Lipinski definition) is 0. The van der Waals surface area contributed by atoms with Crippen LogP contribution in [0.5, 0.6) is 0 Å². The lowest BCUT2D eigenvalue weighted by molar-refractivity contribution is 1.58. The molecule has 0 saturated carbocycles. The molecule has 0 N–H and O–H groups in total. The van der Waals surface area contributed by atoms with Gasteiger partial charge >= 0.3 is 0 Å². The maximum Gasteiger partial charge on any atom is -0.00203 e. The Bertz CT molecular complexity index is 4170. The minimum Gasteiger partial charge on any atom is -0.0616 e. The van der Waals surface area contributed by atoms with Gasteiger partial charge in [-0.15, -0.1) is 0 Å². The summed E-state index contributed by atoms with van der Waals surface area (Å²) in [6.07, 6.45) is 0. The van der Waals surface area contributed by atoms with E-state index in [0.29, 0.717) is 0 Å². The first kappa shape index (κ1) is 36.9. The third-order valence-corrected chi connectivity index (χ3v) is 14.4. The molecule has 0 nitrogen and oxygen atoms in total. The van der Waals surface area contributed by atoms with Crippen molar-refractivity contribution >= 4 is 75.4 Å². The molecule has 0 aliphatic carbocycles. The molecule has 0 amide bonds. The van der Waals surface area contributed by atoms with Gasteiger partial charge in [-0.05, 0) is 154 Å². The highest BCUT2D eigenvalue weighted by molar-refractivity contribution is 6.28. The summed E-state index contributed by atoms with van der Waals surface area (Å²) in [5.41, 5.74) is 14.8. The molecule has 0 aliphatic heterocycles. The van der Waals surface area contributed by atoms with Gasteiger partial charge < -0.3 is 0 Å². The molecule has 0 atom stereocenters. The minimum atomic E-state index is 1.21. The second kappa shape index (κ2) is 14.5. The van der Waals surface area contributed by atoms with Crippen molar-refractivity contribution in [2.45, 2.75) is 0 Å². The first-order chi connectivity index (χ1) is 32.7. The third kappa shape index (κ3) is 5.72. The van der Waals surface area contributed by atoms with Gasteiger partial charge in [0.25, 0.3) is 0 Å². The van der Waals surface area contributed by atoms with Crippen LogP contribution < -0.4 is 0 Å². The average molecular weight is 833 g/mol. The van der Waals surface area contributed by atoms with Gasteiger partial charge in [0.2, 0.25) is 0 Å². The van der Waals surface area contributed by atoms with Crippen LogP contribution in [0.25, 0.3) is 142 Å². The topological polar surface area (TPSA) is 0 Å². The van der Waals surface area contributed by atoms with E-state index in [-0.39, 0.29) is 0 Å². The predicted molar refractivity (Wildman–Crippen MR) is 284 cm³/mol. The molecule has 0 saturated heterocycles. The van der Waals surface area contributed by atoms with Gasteiger partial charge in [-0.2, -0.15) is 0 Å². The van der Waals surface area contributed by atoms with Crippen molar-refractivity contribution in [1.29, 1.82) is 0 Å². The number of fused-ring (bicyclic) bond motifs is 1. The smallest absolute Gasteiger partial charge is 0.00203 e. The second-order valence-electron chi connectivity index (χ2n) is 18.0. The van der Waals surface area contributed by atoms with Crippen molar-refractivity contribution in [3.05, 3.63) is 243 Å². The molecule has 0 aliphatic rings. The summed E-state index contributed by atoms with van der Waals surface area (Å²) in [5, 5.41) is 18.2. The maximum atomic E-state index is 2.36. The van der Waals surface area contributed by atoms with Gasteiger partial charge in [-0.3, -0.25) is 0 Å². The second-order valence-corrected chi connectivity index (χ2v) is 18.0. The molecular weight excluding hydrogens is 793 g/mol. The summed E-state index contributed by atoms with van der Waals surface area (Å²) < 4.78 is 0. The fourth-order valence-electron chi connectivity index (χ4n) is 11.2. The number of hydrogen-bond donors (Lipinski definition) is 0. The Labute approximate surface area is 383 Å². The Morgan fingerprint density at radius 3 is 1.02 bits per heavy atom. The van der Waals surface area contributed by atoms with Crippen LogP contribution in [-0.4, -0.2) is 0 Å². The van der Waals surface area contributed by atoms with Gasteiger partial charge in [-0.25, -0.2) is 0 Å². The molecule has 14 aromatic rings. The molecule has 66 heavy (non-hydrogen) atoms. The Kier molecular flexibility index (Phi) is 8.08. The highest BCUT2D eigenvalue weighted by Gasteiger charge is 2.17. The monoisotopic (exact) mass is 832 g/mol. The van der Waals surface area contributed by atoms with Crippen molar-refractivity contribution in [3.8, 4) is 66.8 Å². The third-order valence-electron chi connectivity index (χ3n) is 14.4. The van der Waals surface area contributed by atoms with E-state index in [1.54, 1.807) is 0 Å². The molecule has 0 heterocycles. The minimum absolute atomic E-state index is 1.21. The Balaban J connectivity index is 0.795. The van der Waals surface area contributed by atoms with E-state index in [9.17, 15) is 0 Å². The van der Waals surface area contributed by atoms with Crippen LogP contribution in [0.2, 0.25) is 0 Å². The zero-order valence-corrected chi connectivity index (χ0v) is 36.1. The quantitative estimate of drug-likeness (QED) is 0.146. The Morgan fingerprint density at radius 2 is 0.485 bits per heavy atom. The molecular formula is C66H40. The van der Waals surface area contributed by atoms with E-state index < -0.39 is 0 Å². The van der Waals surface area contributed by atoms with Crippen molar-refractivity contribution in [3.63, 3.8) is 0 Å². The van der Waals surface area contributed by atoms with E-state index >= 15 is 0 Å². The van der Waals surface area contributed by atoms with Crippen molar-refractivity contribution in [2.75, 3.05) is 0 Å². The lowest BCUT2D eigenvalue weighted by Crippen LogP contribution is -1.90. The SMILES string of the molecule is c1cc(-c2ccc(-c3cccc(-c4ccc5ccc6c(-c7ccc(-c8cccc9ccccc89)cc7)ccc7ccc4c5c76)c3)cc2)cc(-c2ccc3ccc4cccc5ccc2c3c45)c1. The van der Waals surface area contributed by atoms with E-state index in [1.165, 1.54) is 142 Å². The largest absolute Gasteiger partial charge is 0.0616 e. The maximum absolute atomic E-state index is 2.36. The summed E-state index contributed by atoms with van der Waals surface area (Å²) in [6, 6.07) is 90.3. The first-order valence-electron chi connectivity index (χ1n) is 23.0. The molecule has 0 unspecified atom stereocenters. The van der Waals surface area contributed by atoms with E-state index in [4.69, 9.17) is 0 Å². The Morgan fingerprint density at radius 1 is 0.152 bits per heavy atom. The molecule has 0 fully saturated rings. The molecule has 0 heteroatoms. The highest BCUT2D eigenvalue weighted by Crippen LogP contribution is 2.44. The standard InChI is InChI=1S/C66H40/c1-2-15-55-43(7-1)8-6-16-56(55)44-21-23-45(24-22-44)57-33-27-49-32-38-62-59(35-29-50-31-37-60(57)65(49)66(50)62)54-14-5-12-52(40-54)42-19-17-41(18-20-42)51-11-4-13-53(39-51)58-34-28-48-26-25-46-9-3-10-47-30-36-61(58)64(48)63(46)47/h1-40H. The van der Waals surface area contributed by atoms with E-state index in [2.05, 4.69) is 243 Å². The number of rotatable bonds is 6. The van der Waals surface area contributed by atoms with Crippen LogP contribution in [0.4, 0.5) is 0 Å². The van der Waals surface area contributed by atoms with Gasteiger partial charge in [0.15, 0.2) is 0 Å². The van der Waals surface area contributed by atoms with Crippen LogP contribution in [0.15, 0.2) is 243 Å². The molecule has 14 aromatic carbocycles. The van der Waals surface area contributed by atoms with Gasteiger partial charge in [0.05, 0.1) is 0 Å². The van der Waals surface area contributed by atoms with Gasteiger partial charge in [-0.1, -0.05) is 231 Å². The molecule has 0 bridgehead atoms. The fraction of sp³-hybridized carbons (Fsp3) is 0. The predicted octanol–water partition coefficient (Wildman–Crippen LogP) is 18.6. The summed E-state index contributed by atoms with van der Waals surface area (Å²) in [6.45, 7) is 0. The van der Waals surface area contributed by atoms with E-state index in [1.807, 2.05) is 0 Å². The molecule has 0 radical (unpaired) electrons. The molecule has 14 rings (SSSR count). The lowest BCUT2D eigenvalue weighted by atomic mass is 9.86. The first-order valence-corrected chi connectivity index (χ1v) is 23.0. The molecule has 0 spiro atoms. The highest BCUT2D eigenvalue weighted by atomic mass is 14.2. The van der Waals surface area contributed by atoms with Crippen molar-refractivity contribution < 1.29 is 0 Å². The summed E-state index contributed by atoms with van der Waals surface area (Å²) in [4.78, 5) is 0. The normalized spacial score (nSPS) is 11.9. The number of benzene rings is 14. The van der Waals surface area contributed by atoms with Crippen molar-refractivity contribution in [1.82, 2.24) is 0 Å². The van der Waals surface area contributed by atoms with Crippen LogP contribution in [0.1, 0.15) is 0 Å². The van der Waals surface area contributed by atoms with Crippen molar-refractivity contribution in [2.24, 2.45) is 0 Å². The van der Waals surface area contributed by atoms with Crippen LogP contribution >= 0.6 is 0 Å². The summed E-state index contributed by atoms with van der Waals surface area (Å²) in [7, 11) is 0. The van der Waals surface area contributed by atoms with Crippen LogP contribution in [0, 0.1) is 0 Å². The lowest BCUT2D eigenvalue weighted by Gasteiger charge is -2.17. The average Bonchev–Trinajstić information content (AvgIpc) is 3.39. The fourth-order valence-corrected chi connectivity index (χ4v) is 11.2. The molecule has 0 aromatic heterocycles. The zero-order valence-electron chi connectivity index (χ0n) is 36.1. The van der Waals surface area contributed by atoms with E-state index in [0.717, 1.165) is 0 Å². The van der Waals surface area contributed by atoms with Crippen LogP contribution in [-0.2, 0) is 0 Å². The van der Waals surface area contributed by atoms with Gasteiger partial charge in [0.1, 0.15) is 0 Å². The molecule has 304 valence electrons. The Hall–Kier alpha value is -8.58. The van der Waals surface area contributed by atoms with Crippen LogP contribution in [0.3, 0.4) is 0 Å². The summed E-state index contributed by atoms with van der Waals surface area (Å²) >= 11 is 0.